The fraction of sp³-hybridized carbons (Fsp3) is 0.611. The maximum atomic E-state index is 12.4. The summed E-state index contributed by atoms with van der Waals surface area (Å²) < 4.78 is 0. The number of nitrogens with zero attached hydrogens (tertiary/aromatic N) is 3. The number of rotatable bonds is 3. The third kappa shape index (κ3) is 2.71. The minimum Gasteiger partial charge on any atom is -0.339 e. The molecule has 1 aromatic rings. The van der Waals surface area contributed by atoms with Gasteiger partial charge in [0.05, 0.1) is 16.8 Å². The lowest BCUT2D eigenvalue weighted by atomic mass is 9.70. The van der Waals surface area contributed by atoms with Crippen LogP contribution in [0.4, 0.5) is 0 Å². The number of piperidine rings is 2. The summed E-state index contributed by atoms with van der Waals surface area (Å²) in [7, 11) is 1.96. The molecule has 1 aliphatic carbocycles. The lowest BCUT2D eigenvalue weighted by Crippen LogP contribution is -2.64. The van der Waals surface area contributed by atoms with Gasteiger partial charge in [0.15, 0.2) is 0 Å². The van der Waals surface area contributed by atoms with Gasteiger partial charge in [-0.05, 0) is 43.7 Å². The number of nitrogens with one attached hydrogen (secondary N) is 1. The van der Waals surface area contributed by atoms with Crippen molar-refractivity contribution in [2.75, 3.05) is 20.1 Å². The number of carbonyl (C=O) groups excluding carboxylic acids is 2. The largest absolute Gasteiger partial charge is 0.339 e. The Morgan fingerprint density at radius 3 is 2.96 bits per heavy atom. The monoisotopic (exact) mass is 348 g/mol. The molecule has 2 N–H and O–H groups in total. The van der Waals surface area contributed by atoms with Crippen LogP contribution in [0.5, 0.6) is 0 Å². The van der Waals surface area contributed by atoms with Gasteiger partial charge in [-0.1, -0.05) is 0 Å². The van der Waals surface area contributed by atoms with E-state index in [1.807, 2.05) is 18.0 Å². The zero-order valence-electron chi connectivity index (χ0n) is 14.5. The van der Waals surface area contributed by atoms with Gasteiger partial charge in [0.1, 0.15) is 0 Å². The number of fused-ring (bicyclic) bond motifs is 4. The molecule has 0 spiro atoms. The van der Waals surface area contributed by atoms with E-state index in [-0.39, 0.29) is 14.3 Å². The molecule has 3 fully saturated rings. The highest BCUT2D eigenvalue weighted by atomic mass is 16.5. The van der Waals surface area contributed by atoms with Crippen molar-refractivity contribution in [3.8, 4) is 0 Å². The minimum absolute atomic E-state index is 0. The highest BCUT2D eigenvalue weighted by Crippen LogP contribution is 2.43. The number of hydroxylamine groups is 1. The molecular weight excluding hydrogens is 320 g/mol. The van der Waals surface area contributed by atoms with Crippen LogP contribution >= 0.6 is 0 Å². The van der Waals surface area contributed by atoms with Crippen molar-refractivity contribution < 1.29 is 17.6 Å². The van der Waals surface area contributed by atoms with Crippen LogP contribution in [0, 0.1) is 5.92 Å². The summed E-state index contributed by atoms with van der Waals surface area (Å²) in [5.74, 6) is 0.0233. The topological polar surface area (TPSA) is 85.8 Å². The zero-order chi connectivity index (χ0) is 17.6. The smallest absolute Gasteiger partial charge is 0.276 e. The molecule has 2 bridgehead atoms. The van der Waals surface area contributed by atoms with Gasteiger partial charge in [0, 0.05) is 41.6 Å². The van der Waals surface area contributed by atoms with Crippen LogP contribution in [-0.4, -0.2) is 57.5 Å². The number of hydrogen-bond donors (Lipinski definition) is 2. The van der Waals surface area contributed by atoms with E-state index in [1.54, 1.807) is 5.48 Å². The molecule has 1 aromatic heterocycles. The minimum atomic E-state index is -0.532. The van der Waals surface area contributed by atoms with Crippen LogP contribution in [-0.2, 0) is 17.8 Å². The maximum absolute atomic E-state index is 12.4. The normalized spacial score (nSPS) is 28.8. The van der Waals surface area contributed by atoms with Gasteiger partial charge in [0.2, 0.25) is 5.91 Å². The first-order valence-corrected chi connectivity index (χ1v) is 8.95. The molecule has 7 heteroatoms. The van der Waals surface area contributed by atoms with Gasteiger partial charge in [-0.2, -0.15) is 0 Å². The van der Waals surface area contributed by atoms with Crippen molar-refractivity contribution in [2.24, 2.45) is 5.92 Å². The Labute approximate surface area is 149 Å². The molecule has 5 rings (SSSR count). The van der Waals surface area contributed by atoms with Crippen molar-refractivity contribution >= 4 is 11.8 Å². The summed E-state index contributed by atoms with van der Waals surface area (Å²) in [4.78, 5) is 32.7. The van der Waals surface area contributed by atoms with Crippen LogP contribution in [0.2, 0.25) is 0 Å². The van der Waals surface area contributed by atoms with Gasteiger partial charge in [-0.25, -0.2) is 5.48 Å². The van der Waals surface area contributed by atoms with E-state index in [0.717, 1.165) is 63.0 Å². The molecule has 4 heterocycles. The Bertz CT molecular complexity index is 723. The van der Waals surface area contributed by atoms with E-state index in [1.165, 1.54) is 6.20 Å². The van der Waals surface area contributed by atoms with Crippen LogP contribution in [0.1, 0.15) is 50.2 Å². The molecule has 0 aromatic carbocycles. The highest BCUT2D eigenvalue weighted by Gasteiger charge is 2.49. The summed E-state index contributed by atoms with van der Waals surface area (Å²) in [5.41, 5.74) is 4.05. The predicted molar refractivity (Wildman–Crippen MR) is 94.2 cm³/mol. The average Bonchev–Trinajstić information content (AvgIpc) is 2.65. The highest BCUT2D eigenvalue weighted by molar-refractivity contribution is 5.93. The fourth-order valence-electron chi connectivity index (χ4n) is 4.72. The molecule has 2 amide bonds. The van der Waals surface area contributed by atoms with Crippen molar-refractivity contribution in [3.63, 3.8) is 0 Å². The Morgan fingerprint density at radius 2 is 2.24 bits per heavy atom. The standard InChI is InChI=1S/C18H24N4O3.2H2/c1-21-17(24)12-2-5-18(21,6-3-12)11-22-7-4-13-8-14(16(23)20-25)9-19-15(13)10-22;;/h8-9,12,25H,2-7,10-11H2,1H3,(H,20,23);2*1H. The van der Waals surface area contributed by atoms with Crippen LogP contribution in [0.25, 0.3) is 0 Å². The predicted octanol–water partition coefficient (Wildman–Crippen LogP) is 1.45. The molecule has 138 valence electrons. The first kappa shape index (κ1) is 16.5. The molecular formula is C18H28N4O3. The Balaban J connectivity index is 0.00000131. The van der Waals surface area contributed by atoms with E-state index in [2.05, 4.69) is 9.88 Å². The van der Waals surface area contributed by atoms with Gasteiger partial charge in [-0.15, -0.1) is 0 Å². The molecule has 1 saturated carbocycles. The first-order valence-electron chi connectivity index (χ1n) is 8.95. The summed E-state index contributed by atoms with van der Waals surface area (Å²) in [6, 6.07) is 1.81. The van der Waals surface area contributed by atoms with Crippen LogP contribution < -0.4 is 5.48 Å². The van der Waals surface area contributed by atoms with Gasteiger partial charge in [-0.3, -0.25) is 24.7 Å². The van der Waals surface area contributed by atoms with E-state index in [4.69, 9.17) is 5.21 Å². The molecule has 4 aliphatic rings. The quantitative estimate of drug-likeness (QED) is 0.638. The Morgan fingerprint density at radius 1 is 1.48 bits per heavy atom. The second kappa shape index (κ2) is 6.07. The Hall–Kier alpha value is -1.99. The average molecular weight is 348 g/mol. The third-order valence-electron chi connectivity index (χ3n) is 6.32. The van der Waals surface area contributed by atoms with Crippen molar-refractivity contribution in [2.45, 2.75) is 44.2 Å². The summed E-state index contributed by atoms with van der Waals surface area (Å²) >= 11 is 0. The lowest BCUT2D eigenvalue weighted by molar-refractivity contribution is -0.155. The van der Waals surface area contributed by atoms with E-state index in [9.17, 15) is 9.59 Å². The van der Waals surface area contributed by atoms with Gasteiger partial charge < -0.3 is 4.90 Å². The third-order valence-corrected chi connectivity index (χ3v) is 6.32. The Kier molecular flexibility index (Phi) is 4.00. The molecule has 3 aliphatic heterocycles. The summed E-state index contributed by atoms with van der Waals surface area (Å²) in [6.45, 7) is 2.53. The molecule has 0 radical (unpaired) electrons. The summed E-state index contributed by atoms with van der Waals surface area (Å²) in [5, 5.41) is 8.75. The molecule has 7 nitrogen and oxygen atoms in total. The lowest BCUT2D eigenvalue weighted by Gasteiger charge is -2.54. The number of aromatic nitrogens is 1. The van der Waals surface area contributed by atoms with Gasteiger partial charge >= 0.3 is 0 Å². The SMILES string of the molecule is CN1C(=O)C2CCC1(CN1CCc3cc(C(=O)NO)cnc3C1)CC2.[HH].[HH]. The number of pyridine rings is 1. The second-order valence-electron chi connectivity index (χ2n) is 7.63. The molecule has 0 atom stereocenters. The number of likely N-dealkylation sites (N-methyl/N-ethyl adjacent to an activating group) is 1. The van der Waals surface area contributed by atoms with Crippen molar-refractivity contribution in [3.05, 3.63) is 29.1 Å². The second-order valence-corrected chi connectivity index (χ2v) is 7.63. The number of hydrogen-bond acceptors (Lipinski definition) is 5. The molecule has 2 saturated heterocycles. The molecule has 0 unspecified atom stereocenters. The van der Waals surface area contributed by atoms with Crippen molar-refractivity contribution in [1.29, 1.82) is 0 Å². The van der Waals surface area contributed by atoms with E-state index >= 15 is 0 Å². The molecule has 25 heavy (non-hydrogen) atoms. The first-order chi connectivity index (χ1) is 12.0. The fourth-order valence-corrected chi connectivity index (χ4v) is 4.72. The van der Waals surface area contributed by atoms with Crippen molar-refractivity contribution in [1.82, 2.24) is 20.3 Å². The zero-order valence-corrected chi connectivity index (χ0v) is 14.5. The number of carbonyl (C=O) groups is 2. The summed E-state index contributed by atoms with van der Waals surface area (Å²) in [6.07, 6.45) is 6.55. The van der Waals surface area contributed by atoms with Gasteiger partial charge in [0.25, 0.3) is 5.91 Å². The van der Waals surface area contributed by atoms with Crippen LogP contribution in [0.15, 0.2) is 12.3 Å². The van der Waals surface area contributed by atoms with E-state index < -0.39 is 5.91 Å². The maximum Gasteiger partial charge on any atom is 0.276 e. The number of amides is 2. The van der Waals surface area contributed by atoms with E-state index in [0.29, 0.717) is 11.5 Å². The van der Waals surface area contributed by atoms with Crippen LogP contribution in [0.3, 0.4) is 0 Å².